The van der Waals surface area contributed by atoms with Crippen LogP contribution in [0.3, 0.4) is 0 Å². The summed E-state index contributed by atoms with van der Waals surface area (Å²) in [6.07, 6.45) is 0. The number of fused-ring (bicyclic) bond motifs is 1. The SMILES string of the molecule is CNC(C)CNS(=O)(=O)c1cc2cc(Cl)ccc2s1. The largest absolute Gasteiger partial charge is 0.316 e. The number of sulfonamides is 1. The summed E-state index contributed by atoms with van der Waals surface area (Å²) in [5.41, 5.74) is 0. The van der Waals surface area contributed by atoms with Crippen molar-refractivity contribution in [3.8, 4) is 0 Å². The lowest BCUT2D eigenvalue weighted by Gasteiger charge is -2.10. The fraction of sp³-hybridized carbons (Fsp3) is 0.333. The van der Waals surface area contributed by atoms with Crippen molar-refractivity contribution in [2.45, 2.75) is 17.2 Å². The second-order valence-electron chi connectivity index (χ2n) is 4.29. The Kier molecular flexibility index (Phi) is 4.47. The fourth-order valence-corrected chi connectivity index (χ4v) is 4.26. The van der Waals surface area contributed by atoms with E-state index in [1.54, 1.807) is 25.2 Å². The van der Waals surface area contributed by atoms with Crippen molar-refractivity contribution in [3.05, 3.63) is 29.3 Å². The number of thiophene rings is 1. The van der Waals surface area contributed by atoms with Gasteiger partial charge >= 0.3 is 0 Å². The molecule has 0 saturated heterocycles. The van der Waals surface area contributed by atoms with E-state index in [2.05, 4.69) is 10.0 Å². The van der Waals surface area contributed by atoms with E-state index in [9.17, 15) is 8.42 Å². The van der Waals surface area contributed by atoms with Crippen LogP contribution >= 0.6 is 22.9 Å². The van der Waals surface area contributed by atoms with Crippen LogP contribution < -0.4 is 10.0 Å². The summed E-state index contributed by atoms with van der Waals surface area (Å²) in [7, 11) is -1.66. The molecule has 0 amide bonds. The van der Waals surface area contributed by atoms with E-state index >= 15 is 0 Å². The van der Waals surface area contributed by atoms with Crippen LogP contribution in [0, 0.1) is 0 Å². The standard InChI is InChI=1S/C12H15ClN2O2S2/c1-8(14-2)7-15-19(16,17)12-6-9-5-10(13)3-4-11(9)18-12/h3-6,8,14-15H,7H2,1-2H3. The molecular formula is C12H15ClN2O2S2. The lowest BCUT2D eigenvalue weighted by atomic mass is 10.3. The molecule has 2 N–H and O–H groups in total. The second-order valence-corrected chi connectivity index (χ2v) is 7.80. The molecule has 0 radical (unpaired) electrons. The van der Waals surface area contributed by atoms with Gasteiger partial charge in [0.05, 0.1) is 0 Å². The van der Waals surface area contributed by atoms with Crippen LogP contribution in [0.15, 0.2) is 28.5 Å². The normalized spacial score (nSPS) is 13.8. The Balaban J connectivity index is 2.27. The Labute approximate surface area is 121 Å². The van der Waals surface area contributed by atoms with Gasteiger partial charge in [-0.2, -0.15) is 0 Å². The maximum atomic E-state index is 12.1. The van der Waals surface area contributed by atoms with E-state index in [0.717, 1.165) is 10.1 Å². The first-order valence-electron chi connectivity index (χ1n) is 5.78. The van der Waals surface area contributed by atoms with E-state index in [1.807, 2.05) is 13.0 Å². The van der Waals surface area contributed by atoms with Gasteiger partial charge in [-0.15, -0.1) is 11.3 Å². The van der Waals surface area contributed by atoms with Crippen LogP contribution in [0.5, 0.6) is 0 Å². The number of likely N-dealkylation sites (N-methyl/N-ethyl adjacent to an activating group) is 1. The first-order chi connectivity index (χ1) is 8.92. The zero-order valence-corrected chi connectivity index (χ0v) is 13.0. The predicted molar refractivity (Wildman–Crippen MR) is 80.5 cm³/mol. The second kappa shape index (κ2) is 5.76. The van der Waals surface area contributed by atoms with Crippen LogP contribution in [0.25, 0.3) is 10.1 Å². The topological polar surface area (TPSA) is 58.2 Å². The van der Waals surface area contributed by atoms with Gasteiger partial charge in [0, 0.05) is 22.3 Å². The molecule has 0 aliphatic heterocycles. The van der Waals surface area contributed by atoms with Crippen molar-refractivity contribution in [1.82, 2.24) is 10.0 Å². The molecule has 0 spiro atoms. The quantitative estimate of drug-likeness (QED) is 0.890. The van der Waals surface area contributed by atoms with Gasteiger partial charge in [0.15, 0.2) is 0 Å². The third-order valence-corrected chi connectivity index (χ3v) is 6.04. The molecule has 1 heterocycles. The molecule has 1 aromatic carbocycles. The molecule has 2 aromatic rings. The molecule has 104 valence electrons. The van der Waals surface area contributed by atoms with Gasteiger partial charge in [0.25, 0.3) is 0 Å². The maximum absolute atomic E-state index is 12.1. The molecule has 2 rings (SSSR count). The van der Waals surface area contributed by atoms with Gasteiger partial charge in [-0.3, -0.25) is 0 Å². The van der Waals surface area contributed by atoms with Crippen molar-refractivity contribution >= 4 is 43.0 Å². The highest BCUT2D eigenvalue weighted by Gasteiger charge is 2.18. The molecule has 0 saturated carbocycles. The lowest BCUT2D eigenvalue weighted by molar-refractivity contribution is 0.556. The van der Waals surface area contributed by atoms with E-state index in [0.29, 0.717) is 15.8 Å². The van der Waals surface area contributed by atoms with Crippen molar-refractivity contribution in [2.75, 3.05) is 13.6 Å². The van der Waals surface area contributed by atoms with Crippen LogP contribution in [-0.4, -0.2) is 28.1 Å². The van der Waals surface area contributed by atoms with E-state index < -0.39 is 10.0 Å². The monoisotopic (exact) mass is 318 g/mol. The first kappa shape index (κ1) is 14.7. The third-order valence-electron chi connectivity index (χ3n) is 2.79. The Morgan fingerprint density at radius 2 is 2.11 bits per heavy atom. The van der Waals surface area contributed by atoms with E-state index in [-0.39, 0.29) is 6.04 Å². The summed E-state index contributed by atoms with van der Waals surface area (Å²) in [5, 5.41) is 4.43. The maximum Gasteiger partial charge on any atom is 0.250 e. The minimum atomic E-state index is -3.45. The van der Waals surface area contributed by atoms with Gasteiger partial charge in [-0.1, -0.05) is 11.6 Å². The highest BCUT2D eigenvalue weighted by molar-refractivity contribution is 7.91. The molecule has 7 heteroatoms. The molecule has 0 bridgehead atoms. The molecule has 1 aromatic heterocycles. The molecule has 0 aliphatic rings. The van der Waals surface area contributed by atoms with E-state index in [4.69, 9.17) is 11.6 Å². The average Bonchev–Trinajstić information content (AvgIpc) is 2.79. The first-order valence-corrected chi connectivity index (χ1v) is 8.46. The molecule has 19 heavy (non-hydrogen) atoms. The number of hydrogen-bond donors (Lipinski definition) is 2. The molecule has 1 atom stereocenters. The van der Waals surface area contributed by atoms with Gasteiger partial charge in [-0.05, 0) is 43.6 Å². The van der Waals surface area contributed by atoms with Crippen LogP contribution in [0.4, 0.5) is 0 Å². The summed E-state index contributed by atoms with van der Waals surface area (Å²) in [6, 6.07) is 7.09. The van der Waals surface area contributed by atoms with Crippen molar-refractivity contribution in [1.29, 1.82) is 0 Å². The van der Waals surface area contributed by atoms with Crippen molar-refractivity contribution < 1.29 is 8.42 Å². The van der Waals surface area contributed by atoms with Crippen LogP contribution in [-0.2, 0) is 10.0 Å². The highest BCUT2D eigenvalue weighted by atomic mass is 35.5. The van der Waals surface area contributed by atoms with E-state index in [1.165, 1.54) is 11.3 Å². The fourth-order valence-electron chi connectivity index (χ4n) is 1.53. The molecule has 0 aliphatic carbocycles. The minimum Gasteiger partial charge on any atom is -0.316 e. The van der Waals surface area contributed by atoms with Crippen LogP contribution in [0.2, 0.25) is 5.02 Å². The summed E-state index contributed by atoms with van der Waals surface area (Å²) in [6.45, 7) is 2.26. The summed E-state index contributed by atoms with van der Waals surface area (Å²) in [4.78, 5) is 0. The van der Waals surface area contributed by atoms with Crippen LogP contribution in [0.1, 0.15) is 6.92 Å². The number of halogens is 1. The Bertz CT molecular complexity index is 682. The van der Waals surface area contributed by atoms with Gasteiger partial charge in [0.2, 0.25) is 10.0 Å². The Morgan fingerprint density at radius 1 is 1.37 bits per heavy atom. The minimum absolute atomic E-state index is 0.0820. The predicted octanol–water partition coefficient (Wildman–Crippen LogP) is 2.44. The third kappa shape index (κ3) is 3.46. The Morgan fingerprint density at radius 3 is 2.79 bits per heavy atom. The number of nitrogens with one attached hydrogen (secondary N) is 2. The molecule has 4 nitrogen and oxygen atoms in total. The zero-order valence-electron chi connectivity index (χ0n) is 10.6. The number of hydrogen-bond acceptors (Lipinski definition) is 4. The van der Waals surface area contributed by atoms with Gasteiger partial charge < -0.3 is 5.32 Å². The van der Waals surface area contributed by atoms with Crippen molar-refractivity contribution in [2.24, 2.45) is 0 Å². The van der Waals surface area contributed by atoms with Gasteiger partial charge in [0.1, 0.15) is 4.21 Å². The highest BCUT2D eigenvalue weighted by Crippen LogP contribution is 2.30. The molecule has 0 fully saturated rings. The molecular weight excluding hydrogens is 304 g/mol. The summed E-state index contributed by atoms with van der Waals surface area (Å²) >= 11 is 7.14. The molecule has 1 unspecified atom stereocenters. The Hall–Kier alpha value is -0.660. The average molecular weight is 319 g/mol. The summed E-state index contributed by atoms with van der Waals surface area (Å²) < 4.78 is 28.1. The van der Waals surface area contributed by atoms with Gasteiger partial charge in [-0.25, -0.2) is 13.1 Å². The number of benzene rings is 1. The smallest absolute Gasteiger partial charge is 0.250 e. The number of rotatable bonds is 5. The van der Waals surface area contributed by atoms with Crippen molar-refractivity contribution in [3.63, 3.8) is 0 Å². The lowest BCUT2D eigenvalue weighted by Crippen LogP contribution is -2.36. The summed E-state index contributed by atoms with van der Waals surface area (Å²) in [5.74, 6) is 0. The zero-order chi connectivity index (χ0) is 14.0.